The summed E-state index contributed by atoms with van der Waals surface area (Å²) in [5.41, 5.74) is 0.482. The van der Waals surface area contributed by atoms with Crippen LogP contribution in [0, 0.1) is 0 Å². The standard InChI is InChI=1S/C12H14F3NO3S/c13-12(14,15)19-11-3-1-2-10(8-11)16-9-4-6-20(17,18)7-5-9/h1-3,8-9,16H,4-7H2. The van der Waals surface area contributed by atoms with E-state index < -0.39 is 16.2 Å². The number of alkyl halides is 3. The van der Waals surface area contributed by atoms with E-state index in [-0.39, 0.29) is 23.3 Å². The summed E-state index contributed by atoms with van der Waals surface area (Å²) in [6.07, 6.45) is -3.82. The van der Waals surface area contributed by atoms with Crippen LogP contribution in [0.25, 0.3) is 0 Å². The fraction of sp³-hybridized carbons (Fsp3) is 0.500. The van der Waals surface area contributed by atoms with Crippen molar-refractivity contribution in [2.45, 2.75) is 25.2 Å². The Morgan fingerprint density at radius 1 is 1.20 bits per heavy atom. The molecule has 0 bridgehead atoms. The lowest BCUT2D eigenvalue weighted by molar-refractivity contribution is -0.274. The van der Waals surface area contributed by atoms with Gasteiger partial charge >= 0.3 is 6.36 Å². The van der Waals surface area contributed by atoms with E-state index in [2.05, 4.69) is 10.1 Å². The number of anilines is 1. The largest absolute Gasteiger partial charge is 0.573 e. The maximum absolute atomic E-state index is 12.1. The molecule has 0 spiro atoms. The summed E-state index contributed by atoms with van der Waals surface area (Å²) in [5, 5.41) is 3.03. The van der Waals surface area contributed by atoms with Crippen molar-refractivity contribution in [3.8, 4) is 5.75 Å². The Kier molecular flexibility index (Phi) is 4.12. The van der Waals surface area contributed by atoms with Gasteiger partial charge in [0.05, 0.1) is 11.5 Å². The van der Waals surface area contributed by atoms with Gasteiger partial charge in [0.1, 0.15) is 15.6 Å². The van der Waals surface area contributed by atoms with Gasteiger partial charge in [0.2, 0.25) is 0 Å². The van der Waals surface area contributed by atoms with E-state index in [0.717, 1.165) is 0 Å². The van der Waals surface area contributed by atoms with Gasteiger partial charge in [-0.3, -0.25) is 0 Å². The summed E-state index contributed by atoms with van der Waals surface area (Å²) in [6, 6.07) is 5.47. The van der Waals surface area contributed by atoms with Crippen LogP contribution in [0.3, 0.4) is 0 Å². The Bertz CT molecular complexity index is 558. The van der Waals surface area contributed by atoms with Crippen LogP contribution in [-0.4, -0.2) is 32.3 Å². The molecule has 20 heavy (non-hydrogen) atoms. The lowest BCUT2D eigenvalue weighted by Gasteiger charge is -2.24. The van der Waals surface area contributed by atoms with Gasteiger partial charge < -0.3 is 10.1 Å². The van der Waals surface area contributed by atoms with Crippen LogP contribution in [0.1, 0.15) is 12.8 Å². The third kappa shape index (κ3) is 4.59. The molecular weight excluding hydrogens is 295 g/mol. The minimum absolute atomic E-state index is 0.0559. The zero-order valence-electron chi connectivity index (χ0n) is 10.5. The molecule has 0 aliphatic carbocycles. The average molecular weight is 309 g/mol. The molecule has 0 atom stereocenters. The SMILES string of the molecule is O=S1(=O)CCC(Nc2cccc(OC(F)(F)F)c2)CC1. The second kappa shape index (κ2) is 5.51. The van der Waals surface area contributed by atoms with Gasteiger partial charge in [-0.25, -0.2) is 8.42 Å². The van der Waals surface area contributed by atoms with E-state index in [1.54, 1.807) is 6.07 Å². The van der Waals surface area contributed by atoms with Gasteiger partial charge in [0, 0.05) is 17.8 Å². The number of sulfone groups is 1. The minimum Gasteiger partial charge on any atom is -0.406 e. The summed E-state index contributed by atoms with van der Waals surface area (Å²) in [7, 11) is -2.95. The van der Waals surface area contributed by atoms with Crippen molar-refractivity contribution in [1.29, 1.82) is 0 Å². The topological polar surface area (TPSA) is 55.4 Å². The van der Waals surface area contributed by atoms with E-state index in [9.17, 15) is 21.6 Å². The third-order valence-electron chi connectivity index (χ3n) is 2.99. The number of hydrogen-bond donors (Lipinski definition) is 1. The zero-order valence-corrected chi connectivity index (χ0v) is 11.3. The molecule has 1 N–H and O–H groups in total. The molecule has 0 aromatic heterocycles. The van der Waals surface area contributed by atoms with Crippen molar-refractivity contribution in [2.75, 3.05) is 16.8 Å². The molecule has 1 aromatic rings. The molecular formula is C12H14F3NO3S. The van der Waals surface area contributed by atoms with Crippen molar-refractivity contribution in [2.24, 2.45) is 0 Å². The Balaban J connectivity index is 1.98. The van der Waals surface area contributed by atoms with Crippen LogP contribution in [0.5, 0.6) is 5.75 Å². The first kappa shape index (κ1) is 15.0. The first-order valence-electron chi connectivity index (χ1n) is 6.06. The smallest absolute Gasteiger partial charge is 0.406 e. The number of benzene rings is 1. The third-order valence-corrected chi connectivity index (χ3v) is 4.71. The Morgan fingerprint density at radius 3 is 2.45 bits per heavy atom. The summed E-state index contributed by atoms with van der Waals surface area (Å²) in [4.78, 5) is 0. The Morgan fingerprint density at radius 2 is 1.85 bits per heavy atom. The maximum Gasteiger partial charge on any atom is 0.573 e. The van der Waals surface area contributed by atoms with E-state index >= 15 is 0 Å². The lowest BCUT2D eigenvalue weighted by atomic mass is 10.1. The molecule has 0 radical (unpaired) electrons. The predicted octanol–water partition coefficient (Wildman–Crippen LogP) is 2.57. The molecule has 2 rings (SSSR count). The van der Waals surface area contributed by atoms with Crippen LogP contribution in [0.15, 0.2) is 24.3 Å². The van der Waals surface area contributed by atoms with Crippen molar-refractivity contribution < 1.29 is 26.3 Å². The quantitative estimate of drug-likeness (QED) is 0.932. The van der Waals surface area contributed by atoms with Crippen LogP contribution in [0.2, 0.25) is 0 Å². The van der Waals surface area contributed by atoms with Gasteiger partial charge in [-0.05, 0) is 25.0 Å². The van der Waals surface area contributed by atoms with Crippen LogP contribution >= 0.6 is 0 Å². The van der Waals surface area contributed by atoms with E-state index in [1.807, 2.05) is 0 Å². The number of ether oxygens (including phenoxy) is 1. The number of nitrogens with one attached hydrogen (secondary N) is 1. The summed E-state index contributed by atoms with van der Waals surface area (Å²) in [6.45, 7) is 0. The van der Waals surface area contributed by atoms with E-state index in [0.29, 0.717) is 18.5 Å². The molecule has 1 fully saturated rings. The highest BCUT2D eigenvalue weighted by Gasteiger charge is 2.31. The molecule has 1 aliphatic heterocycles. The lowest BCUT2D eigenvalue weighted by Crippen LogP contribution is -2.32. The second-order valence-corrected chi connectivity index (χ2v) is 6.95. The molecule has 1 aromatic carbocycles. The molecule has 8 heteroatoms. The zero-order chi connectivity index (χ0) is 14.8. The van der Waals surface area contributed by atoms with Gasteiger partial charge in [0.25, 0.3) is 0 Å². The molecule has 4 nitrogen and oxygen atoms in total. The summed E-state index contributed by atoms with van der Waals surface area (Å²) < 4.78 is 62.7. The van der Waals surface area contributed by atoms with Gasteiger partial charge in [-0.2, -0.15) is 0 Å². The van der Waals surface area contributed by atoms with Gasteiger partial charge in [0.15, 0.2) is 0 Å². The first-order chi connectivity index (χ1) is 9.23. The van der Waals surface area contributed by atoms with Gasteiger partial charge in [-0.15, -0.1) is 13.2 Å². The van der Waals surface area contributed by atoms with Crippen molar-refractivity contribution in [3.63, 3.8) is 0 Å². The van der Waals surface area contributed by atoms with Crippen LogP contribution < -0.4 is 10.1 Å². The number of rotatable bonds is 3. The first-order valence-corrected chi connectivity index (χ1v) is 7.88. The highest BCUT2D eigenvalue weighted by Crippen LogP contribution is 2.26. The predicted molar refractivity (Wildman–Crippen MR) is 68.4 cm³/mol. The average Bonchev–Trinajstić information content (AvgIpc) is 2.30. The van der Waals surface area contributed by atoms with Gasteiger partial charge in [-0.1, -0.05) is 6.07 Å². The van der Waals surface area contributed by atoms with E-state index in [4.69, 9.17) is 0 Å². The molecule has 1 heterocycles. The number of hydrogen-bond acceptors (Lipinski definition) is 4. The molecule has 0 amide bonds. The monoisotopic (exact) mass is 309 g/mol. The molecule has 0 unspecified atom stereocenters. The van der Waals surface area contributed by atoms with Crippen LogP contribution in [-0.2, 0) is 9.84 Å². The highest BCUT2D eigenvalue weighted by atomic mass is 32.2. The Labute approximate surface area is 114 Å². The van der Waals surface area contributed by atoms with Crippen molar-refractivity contribution in [1.82, 2.24) is 0 Å². The normalized spacial score (nSPS) is 19.6. The minimum atomic E-state index is -4.72. The summed E-state index contributed by atoms with van der Waals surface area (Å²) in [5.74, 6) is -0.0989. The number of halogens is 3. The molecule has 112 valence electrons. The fourth-order valence-electron chi connectivity index (χ4n) is 2.05. The highest BCUT2D eigenvalue weighted by molar-refractivity contribution is 7.91. The molecule has 1 aliphatic rings. The molecule has 0 saturated carbocycles. The van der Waals surface area contributed by atoms with Crippen LogP contribution in [0.4, 0.5) is 18.9 Å². The Hall–Kier alpha value is -1.44. The fourth-order valence-corrected chi connectivity index (χ4v) is 3.54. The second-order valence-electron chi connectivity index (χ2n) is 4.65. The maximum atomic E-state index is 12.1. The molecule has 1 saturated heterocycles. The van der Waals surface area contributed by atoms with Crippen molar-refractivity contribution in [3.05, 3.63) is 24.3 Å². The van der Waals surface area contributed by atoms with Crippen molar-refractivity contribution >= 4 is 15.5 Å². The van der Waals surface area contributed by atoms with E-state index in [1.165, 1.54) is 18.2 Å². The summed E-state index contributed by atoms with van der Waals surface area (Å²) >= 11 is 0.